The van der Waals surface area contributed by atoms with E-state index in [-0.39, 0.29) is 16.9 Å². The molecule has 0 bridgehead atoms. The Morgan fingerprint density at radius 1 is 0.971 bits per heavy atom. The quantitative estimate of drug-likeness (QED) is 0.399. The molecule has 34 heavy (non-hydrogen) atoms. The molecule has 1 aromatic heterocycles. The lowest BCUT2D eigenvalue weighted by atomic mass is 9.63. The number of benzene rings is 2. The maximum absolute atomic E-state index is 11.8. The van der Waals surface area contributed by atoms with Gasteiger partial charge in [-0.2, -0.15) is 0 Å². The van der Waals surface area contributed by atoms with Gasteiger partial charge in [0.2, 0.25) is 0 Å². The largest absolute Gasteiger partial charge is 0.448 e. The van der Waals surface area contributed by atoms with Crippen molar-refractivity contribution in [2.75, 3.05) is 11.9 Å². The number of amides is 2. The molecular weight excluding hydrogens is 422 g/mol. The van der Waals surface area contributed by atoms with Crippen LogP contribution in [0.25, 0.3) is 11.3 Å². The van der Waals surface area contributed by atoms with Gasteiger partial charge in [-0.3, -0.25) is 0 Å². The van der Waals surface area contributed by atoms with Crippen LogP contribution in [-0.2, 0) is 23.7 Å². The standard InChI is InChI=1S/C29H37N3O2/c1-6-17-30-27(33)31-22-11-7-20(8-12-22)9-14-26-32-25(19-34-26)21-10-13-23-24(18-21)29(4,5)16-15-28(23,2)3/h7-8,10-13,18-19H,6,9,14-17H2,1-5H3,(H2,30,31,33). The highest BCUT2D eigenvalue weighted by atomic mass is 16.3. The van der Waals surface area contributed by atoms with E-state index in [0.717, 1.165) is 42.1 Å². The lowest BCUT2D eigenvalue weighted by Gasteiger charge is -2.42. The Hall–Kier alpha value is -3.08. The molecule has 0 saturated carbocycles. The van der Waals surface area contributed by atoms with E-state index in [1.165, 1.54) is 29.5 Å². The normalized spacial score (nSPS) is 16.0. The van der Waals surface area contributed by atoms with Crippen molar-refractivity contribution >= 4 is 11.7 Å². The monoisotopic (exact) mass is 459 g/mol. The molecule has 2 amide bonds. The topological polar surface area (TPSA) is 67.2 Å². The molecule has 0 atom stereocenters. The fourth-order valence-electron chi connectivity index (χ4n) is 4.73. The molecular formula is C29H37N3O2. The van der Waals surface area contributed by atoms with Crippen molar-refractivity contribution in [1.29, 1.82) is 0 Å². The lowest BCUT2D eigenvalue weighted by Crippen LogP contribution is -2.33. The van der Waals surface area contributed by atoms with E-state index < -0.39 is 0 Å². The Morgan fingerprint density at radius 2 is 1.68 bits per heavy atom. The number of oxazole rings is 1. The third-order valence-electron chi connectivity index (χ3n) is 7.08. The van der Waals surface area contributed by atoms with E-state index >= 15 is 0 Å². The van der Waals surface area contributed by atoms with E-state index in [4.69, 9.17) is 9.40 Å². The summed E-state index contributed by atoms with van der Waals surface area (Å²) in [6, 6.07) is 14.6. The van der Waals surface area contributed by atoms with Crippen molar-refractivity contribution in [1.82, 2.24) is 10.3 Å². The van der Waals surface area contributed by atoms with Gasteiger partial charge in [0, 0.05) is 24.2 Å². The summed E-state index contributed by atoms with van der Waals surface area (Å²) in [6.07, 6.45) is 6.65. The predicted molar refractivity (Wildman–Crippen MR) is 138 cm³/mol. The van der Waals surface area contributed by atoms with Gasteiger partial charge < -0.3 is 15.1 Å². The predicted octanol–water partition coefficient (Wildman–Crippen LogP) is 7.01. The number of aryl methyl sites for hydroxylation is 2. The molecule has 0 saturated heterocycles. The fraction of sp³-hybridized carbons (Fsp3) is 0.448. The van der Waals surface area contributed by atoms with Gasteiger partial charge in [0.15, 0.2) is 5.89 Å². The molecule has 0 radical (unpaired) electrons. The molecule has 0 aliphatic heterocycles. The van der Waals surface area contributed by atoms with Crippen LogP contribution in [-0.4, -0.2) is 17.6 Å². The summed E-state index contributed by atoms with van der Waals surface area (Å²) in [4.78, 5) is 16.6. The first kappa shape index (κ1) is 24.1. The first-order valence-corrected chi connectivity index (χ1v) is 12.4. The Bertz CT molecular complexity index is 1140. The first-order chi connectivity index (χ1) is 16.2. The summed E-state index contributed by atoms with van der Waals surface area (Å²) < 4.78 is 5.82. The highest BCUT2D eigenvalue weighted by Gasteiger charge is 2.37. The Morgan fingerprint density at radius 3 is 2.38 bits per heavy atom. The molecule has 0 spiro atoms. The lowest BCUT2D eigenvalue weighted by molar-refractivity contribution is 0.252. The SMILES string of the molecule is CCCNC(=O)Nc1ccc(CCc2nc(-c3ccc4c(c3)C(C)(C)CCC4(C)C)co2)cc1. The van der Waals surface area contributed by atoms with Gasteiger partial charge in [0.25, 0.3) is 0 Å². The number of hydrogen-bond acceptors (Lipinski definition) is 3. The summed E-state index contributed by atoms with van der Waals surface area (Å²) in [7, 11) is 0. The van der Waals surface area contributed by atoms with Crippen molar-refractivity contribution in [3.63, 3.8) is 0 Å². The molecule has 5 nitrogen and oxygen atoms in total. The van der Waals surface area contributed by atoms with Gasteiger partial charge >= 0.3 is 6.03 Å². The maximum atomic E-state index is 11.8. The van der Waals surface area contributed by atoms with Crippen LogP contribution in [0.2, 0.25) is 0 Å². The number of rotatable bonds is 7. The molecule has 180 valence electrons. The number of hydrogen-bond donors (Lipinski definition) is 2. The van der Waals surface area contributed by atoms with Gasteiger partial charge in [-0.15, -0.1) is 0 Å². The molecule has 0 fully saturated rings. The molecule has 2 N–H and O–H groups in total. The summed E-state index contributed by atoms with van der Waals surface area (Å²) in [5.74, 6) is 0.744. The van der Waals surface area contributed by atoms with Crippen LogP contribution >= 0.6 is 0 Å². The minimum absolute atomic E-state index is 0.170. The average Bonchev–Trinajstić information content (AvgIpc) is 3.29. The van der Waals surface area contributed by atoms with E-state index in [1.807, 2.05) is 31.2 Å². The molecule has 1 heterocycles. The number of fused-ring (bicyclic) bond motifs is 1. The highest BCUT2D eigenvalue weighted by molar-refractivity contribution is 5.89. The second-order valence-electron chi connectivity index (χ2n) is 10.7. The van der Waals surface area contributed by atoms with Gasteiger partial charge in [0.05, 0.1) is 0 Å². The van der Waals surface area contributed by atoms with E-state index in [1.54, 1.807) is 6.26 Å². The van der Waals surface area contributed by atoms with E-state index in [9.17, 15) is 4.79 Å². The van der Waals surface area contributed by atoms with Crippen molar-refractivity contribution in [2.45, 2.75) is 77.6 Å². The highest BCUT2D eigenvalue weighted by Crippen LogP contribution is 2.46. The van der Waals surface area contributed by atoms with Gasteiger partial charge in [-0.1, -0.05) is 58.9 Å². The molecule has 5 heteroatoms. The summed E-state index contributed by atoms with van der Waals surface area (Å²) in [5, 5.41) is 5.66. The van der Waals surface area contributed by atoms with Gasteiger partial charge in [-0.25, -0.2) is 9.78 Å². The van der Waals surface area contributed by atoms with Crippen LogP contribution in [0.15, 0.2) is 53.1 Å². The van der Waals surface area contributed by atoms with Crippen LogP contribution < -0.4 is 10.6 Å². The maximum Gasteiger partial charge on any atom is 0.319 e. The number of aromatic nitrogens is 1. The number of anilines is 1. The third-order valence-corrected chi connectivity index (χ3v) is 7.08. The fourth-order valence-corrected chi connectivity index (χ4v) is 4.73. The van der Waals surface area contributed by atoms with Crippen LogP contribution in [0.5, 0.6) is 0 Å². The zero-order valence-corrected chi connectivity index (χ0v) is 21.1. The number of nitrogens with zero attached hydrogens (tertiary/aromatic N) is 1. The molecule has 2 aromatic carbocycles. The number of carbonyl (C=O) groups is 1. The van der Waals surface area contributed by atoms with E-state index in [0.29, 0.717) is 6.54 Å². The molecule has 0 unspecified atom stereocenters. The summed E-state index contributed by atoms with van der Waals surface area (Å²) in [5.41, 5.74) is 7.26. The van der Waals surface area contributed by atoms with Crippen LogP contribution in [0, 0.1) is 0 Å². The van der Waals surface area contributed by atoms with Gasteiger partial charge in [-0.05, 0) is 71.4 Å². The molecule has 3 aromatic rings. The molecule has 1 aliphatic rings. The van der Waals surface area contributed by atoms with Crippen molar-refractivity contribution < 1.29 is 9.21 Å². The minimum Gasteiger partial charge on any atom is -0.448 e. The minimum atomic E-state index is -0.170. The van der Waals surface area contributed by atoms with Crippen molar-refractivity contribution in [2.24, 2.45) is 0 Å². The zero-order valence-electron chi connectivity index (χ0n) is 21.1. The van der Waals surface area contributed by atoms with Gasteiger partial charge in [0.1, 0.15) is 12.0 Å². The van der Waals surface area contributed by atoms with Crippen LogP contribution in [0.3, 0.4) is 0 Å². The third kappa shape index (κ3) is 5.35. The first-order valence-electron chi connectivity index (χ1n) is 12.4. The Labute approximate surface area is 203 Å². The van der Waals surface area contributed by atoms with Crippen molar-refractivity contribution in [3.05, 3.63) is 71.3 Å². The van der Waals surface area contributed by atoms with E-state index in [2.05, 4.69) is 56.5 Å². The molecule has 1 aliphatic carbocycles. The molecule has 4 rings (SSSR count). The number of urea groups is 1. The van der Waals surface area contributed by atoms with Crippen molar-refractivity contribution in [3.8, 4) is 11.3 Å². The summed E-state index contributed by atoms with van der Waals surface area (Å²) >= 11 is 0. The van der Waals surface area contributed by atoms with Crippen LogP contribution in [0.4, 0.5) is 10.5 Å². The summed E-state index contributed by atoms with van der Waals surface area (Å²) in [6.45, 7) is 12.1. The smallest absolute Gasteiger partial charge is 0.319 e. The number of carbonyl (C=O) groups excluding carboxylic acids is 1. The average molecular weight is 460 g/mol. The second-order valence-corrected chi connectivity index (χ2v) is 10.7. The van der Waals surface area contributed by atoms with Crippen LogP contribution in [0.1, 0.15) is 76.5 Å². The number of nitrogens with one attached hydrogen (secondary N) is 2. The Kier molecular flexibility index (Phi) is 6.83. The second kappa shape index (κ2) is 9.65. The Balaban J connectivity index is 1.40. The zero-order chi connectivity index (χ0) is 24.3.